The van der Waals surface area contributed by atoms with Gasteiger partial charge in [-0.3, -0.25) is 0 Å². The normalized spacial score (nSPS) is 11.9. The molecule has 178 valence electrons. The Morgan fingerprint density at radius 3 is 2.31 bits per heavy atom. The van der Waals surface area contributed by atoms with Crippen LogP contribution in [0.4, 0.5) is 0 Å². The monoisotopic (exact) mass is 543 g/mol. The fourth-order valence-electron chi connectivity index (χ4n) is 4.17. The van der Waals surface area contributed by atoms with E-state index in [1.165, 1.54) is 10.2 Å². The van der Waals surface area contributed by atoms with Gasteiger partial charge in [0.05, 0.1) is 11.8 Å². The summed E-state index contributed by atoms with van der Waals surface area (Å²) in [6.45, 7) is 0. The summed E-state index contributed by atoms with van der Waals surface area (Å²) in [5, 5.41) is 2.57. The number of hydrogen-bond acceptors (Lipinski definition) is 3. The van der Waals surface area contributed by atoms with E-state index in [4.69, 9.17) is 39.8 Å². The van der Waals surface area contributed by atoms with Crippen LogP contribution in [0.15, 0.2) is 72.9 Å². The van der Waals surface area contributed by atoms with E-state index in [0.29, 0.717) is 32.8 Å². The molecule has 3 aromatic carbocycles. The average molecular weight is 545 g/mol. The molecule has 0 spiro atoms. The van der Waals surface area contributed by atoms with Gasteiger partial charge in [0.15, 0.2) is 0 Å². The Morgan fingerprint density at radius 2 is 1.63 bits per heavy atom. The van der Waals surface area contributed by atoms with Crippen LogP contribution < -0.4 is 0 Å². The van der Waals surface area contributed by atoms with Crippen LogP contribution >= 0.6 is 34.8 Å². The zero-order valence-electron chi connectivity index (χ0n) is 18.8. The summed E-state index contributed by atoms with van der Waals surface area (Å²) >= 11 is 18.8. The third-order valence-corrected chi connectivity index (χ3v) is 7.86. The molecule has 5 nitrogen and oxygen atoms in total. The van der Waals surface area contributed by atoms with Crippen LogP contribution in [0.25, 0.3) is 33.3 Å². The van der Waals surface area contributed by atoms with Crippen molar-refractivity contribution in [1.29, 1.82) is 0 Å². The van der Waals surface area contributed by atoms with Crippen LogP contribution in [0.3, 0.4) is 0 Å². The summed E-state index contributed by atoms with van der Waals surface area (Å²) in [6.07, 6.45) is 3.35. The Bertz CT molecular complexity index is 1690. The van der Waals surface area contributed by atoms with E-state index in [0.717, 1.165) is 33.5 Å². The standard InChI is InChI=1S/C26H20Cl3N3O2S/c1-31-24(30-25(26(31)29)17-7-9-19(27)10-8-17)13-16-6-11-23-21(12-16)22(15-32(23)35(2,33)34)18-4-3-5-20(28)14-18/h3-12,14-15H,13H2,1-2H3. The predicted molar refractivity (Wildman–Crippen MR) is 144 cm³/mol. The Balaban J connectivity index is 1.60. The third kappa shape index (κ3) is 4.59. The van der Waals surface area contributed by atoms with Crippen molar-refractivity contribution in [2.24, 2.45) is 7.05 Å². The molecule has 0 aliphatic heterocycles. The number of benzene rings is 3. The minimum Gasteiger partial charge on any atom is -0.321 e. The van der Waals surface area contributed by atoms with Crippen LogP contribution in [-0.2, 0) is 23.5 Å². The van der Waals surface area contributed by atoms with Crippen LogP contribution in [0.2, 0.25) is 15.2 Å². The lowest BCUT2D eigenvalue weighted by Crippen LogP contribution is -2.08. The zero-order valence-corrected chi connectivity index (χ0v) is 21.9. The van der Waals surface area contributed by atoms with Crippen molar-refractivity contribution in [2.75, 3.05) is 6.26 Å². The Hall–Kier alpha value is -2.77. The molecular weight excluding hydrogens is 525 g/mol. The lowest BCUT2D eigenvalue weighted by Gasteiger charge is -2.06. The maximum absolute atomic E-state index is 12.5. The SMILES string of the molecule is Cn1c(Cc2ccc3c(c2)c(-c2cccc(Cl)c2)cn3S(C)(=O)=O)nc(-c2ccc(Cl)cc2)c1Cl. The molecule has 5 aromatic rings. The summed E-state index contributed by atoms with van der Waals surface area (Å²) in [4.78, 5) is 4.79. The molecule has 35 heavy (non-hydrogen) atoms. The van der Waals surface area contributed by atoms with Gasteiger partial charge in [0, 0.05) is 46.2 Å². The van der Waals surface area contributed by atoms with E-state index in [1.807, 2.05) is 60.1 Å². The second-order valence-electron chi connectivity index (χ2n) is 8.37. The lowest BCUT2D eigenvalue weighted by molar-refractivity contribution is 0.595. The molecule has 0 bridgehead atoms. The molecule has 5 rings (SSSR count). The molecule has 0 amide bonds. The highest BCUT2D eigenvalue weighted by molar-refractivity contribution is 7.89. The molecule has 2 heterocycles. The highest BCUT2D eigenvalue weighted by atomic mass is 35.5. The van der Waals surface area contributed by atoms with Gasteiger partial charge in [-0.2, -0.15) is 0 Å². The zero-order chi connectivity index (χ0) is 24.9. The quantitative estimate of drug-likeness (QED) is 0.238. The van der Waals surface area contributed by atoms with Crippen molar-refractivity contribution in [3.8, 4) is 22.4 Å². The molecular formula is C26H20Cl3N3O2S. The second-order valence-corrected chi connectivity index (χ2v) is 11.5. The smallest absolute Gasteiger partial charge is 0.236 e. The molecule has 0 aliphatic rings. The number of rotatable bonds is 5. The van der Waals surface area contributed by atoms with E-state index in [1.54, 1.807) is 24.4 Å². The first-order chi connectivity index (χ1) is 16.6. The van der Waals surface area contributed by atoms with Gasteiger partial charge < -0.3 is 4.57 Å². The first-order valence-electron chi connectivity index (χ1n) is 10.7. The molecule has 0 radical (unpaired) electrons. The van der Waals surface area contributed by atoms with E-state index in [2.05, 4.69) is 0 Å². The average Bonchev–Trinajstić information content (AvgIpc) is 3.33. The van der Waals surface area contributed by atoms with Gasteiger partial charge in [0.25, 0.3) is 0 Å². The first-order valence-corrected chi connectivity index (χ1v) is 13.7. The number of halogens is 3. The maximum atomic E-state index is 12.5. The molecule has 0 atom stereocenters. The summed E-state index contributed by atoms with van der Waals surface area (Å²) in [5.74, 6) is 0.783. The molecule has 0 fully saturated rings. The number of nitrogens with zero attached hydrogens (tertiary/aromatic N) is 3. The fraction of sp³-hybridized carbons (Fsp3) is 0.115. The summed E-state index contributed by atoms with van der Waals surface area (Å²) in [7, 11) is -1.63. The first kappa shape index (κ1) is 23.9. The molecule has 0 aliphatic carbocycles. The fourth-order valence-corrected chi connectivity index (χ4v) is 5.55. The Morgan fingerprint density at radius 1 is 0.886 bits per heavy atom. The largest absolute Gasteiger partial charge is 0.321 e. The third-order valence-electron chi connectivity index (χ3n) is 5.93. The van der Waals surface area contributed by atoms with Crippen LogP contribution in [0, 0.1) is 0 Å². The van der Waals surface area contributed by atoms with Crippen molar-refractivity contribution in [1.82, 2.24) is 13.5 Å². The minimum absolute atomic E-state index is 0.513. The highest BCUT2D eigenvalue weighted by Crippen LogP contribution is 2.35. The predicted octanol–water partition coefficient (Wildman–Crippen LogP) is 7.07. The van der Waals surface area contributed by atoms with Gasteiger partial charge in [-0.25, -0.2) is 17.4 Å². The number of aromatic nitrogens is 3. The van der Waals surface area contributed by atoms with E-state index < -0.39 is 10.0 Å². The number of hydrogen-bond donors (Lipinski definition) is 0. The van der Waals surface area contributed by atoms with Crippen molar-refractivity contribution in [3.63, 3.8) is 0 Å². The van der Waals surface area contributed by atoms with Gasteiger partial charge in [0.2, 0.25) is 10.0 Å². The van der Waals surface area contributed by atoms with Gasteiger partial charge in [-0.15, -0.1) is 0 Å². The van der Waals surface area contributed by atoms with E-state index in [-0.39, 0.29) is 0 Å². The van der Waals surface area contributed by atoms with E-state index >= 15 is 0 Å². The maximum Gasteiger partial charge on any atom is 0.236 e. The van der Waals surface area contributed by atoms with Crippen LogP contribution in [-0.4, -0.2) is 28.2 Å². The Labute approximate surface area is 218 Å². The van der Waals surface area contributed by atoms with E-state index in [9.17, 15) is 8.42 Å². The minimum atomic E-state index is -3.50. The lowest BCUT2D eigenvalue weighted by atomic mass is 10.0. The molecule has 2 aromatic heterocycles. The molecule has 0 unspecified atom stereocenters. The number of fused-ring (bicyclic) bond motifs is 1. The van der Waals surface area contributed by atoms with Crippen molar-refractivity contribution < 1.29 is 8.42 Å². The van der Waals surface area contributed by atoms with Crippen molar-refractivity contribution in [2.45, 2.75) is 6.42 Å². The summed E-state index contributed by atoms with van der Waals surface area (Å²) in [6, 6.07) is 20.5. The van der Waals surface area contributed by atoms with Gasteiger partial charge in [-0.05, 0) is 47.5 Å². The van der Waals surface area contributed by atoms with Crippen molar-refractivity contribution >= 4 is 55.7 Å². The molecule has 0 saturated carbocycles. The molecule has 0 saturated heterocycles. The van der Waals surface area contributed by atoms with Gasteiger partial charge in [0.1, 0.15) is 16.7 Å². The Kier molecular flexibility index (Phi) is 6.18. The van der Waals surface area contributed by atoms with Gasteiger partial charge in [-0.1, -0.05) is 65.1 Å². The van der Waals surface area contributed by atoms with Gasteiger partial charge >= 0.3 is 0 Å². The summed E-state index contributed by atoms with van der Waals surface area (Å²) < 4.78 is 28.1. The molecule has 9 heteroatoms. The second kappa shape index (κ2) is 9.03. The highest BCUT2D eigenvalue weighted by Gasteiger charge is 2.19. The molecule has 0 N–H and O–H groups in total. The number of imidazole rings is 1. The van der Waals surface area contributed by atoms with Crippen LogP contribution in [0.5, 0.6) is 0 Å². The topological polar surface area (TPSA) is 56.9 Å². The van der Waals surface area contributed by atoms with Crippen LogP contribution in [0.1, 0.15) is 11.4 Å². The summed E-state index contributed by atoms with van der Waals surface area (Å²) in [5.41, 5.74) is 4.77. The van der Waals surface area contributed by atoms with Crippen molar-refractivity contribution in [3.05, 3.63) is 99.5 Å².